The maximum absolute atomic E-state index is 9.43. The molecule has 0 bridgehead atoms. The van der Waals surface area contributed by atoms with Crippen molar-refractivity contribution in [2.24, 2.45) is 0 Å². The van der Waals surface area contributed by atoms with E-state index in [0.717, 1.165) is 30.6 Å². The second-order valence-electron chi connectivity index (χ2n) is 4.30. The van der Waals surface area contributed by atoms with Gasteiger partial charge in [0.2, 0.25) is 0 Å². The van der Waals surface area contributed by atoms with Crippen molar-refractivity contribution in [1.82, 2.24) is 10.2 Å². The Morgan fingerprint density at radius 2 is 1.95 bits per heavy atom. The third-order valence-electron chi connectivity index (χ3n) is 3.21. The number of hydrogen-bond acceptors (Lipinski definition) is 5. The Morgan fingerprint density at radius 1 is 1.21 bits per heavy atom. The molecule has 0 spiro atoms. The van der Waals surface area contributed by atoms with Crippen LogP contribution in [0.1, 0.15) is 44.0 Å². The van der Waals surface area contributed by atoms with Crippen molar-refractivity contribution in [2.45, 2.75) is 40.0 Å². The second kappa shape index (κ2) is 7.70. The van der Waals surface area contributed by atoms with Crippen LogP contribution in [0, 0.1) is 11.3 Å². The largest absolute Gasteiger partial charge is 0.396 e. The molecule has 0 amide bonds. The van der Waals surface area contributed by atoms with Gasteiger partial charge in [-0.1, -0.05) is 13.8 Å². The van der Waals surface area contributed by atoms with Crippen molar-refractivity contribution in [3.05, 3.63) is 16.8 Å². The normalized spacial score (nSPS) is 10.3. The van der Waals surface area contributed by atoms with Crippen molar-refractivity contribution in [2.75, 3.05) is 24.6 Å². The van der Waals surface area contributed by atoms with E-state index in [2.05, 4.69) is 16.3 Å². The Morgan fingerprint density at radius 3 is 2.42 bits per heavy atom. The minimum Gasteiger partial charge on any atom is -0.396 e. The van der Waals surface area contributed by atoms with Crippen LogP contribution < -0.4 is 4.90 Å². The zero-order valence-corrected chi connectivity index (χ0v) is 12.0. The molecule has 0 fully saturated rings. The van der Waals surface area contributed by atoms with Crippen molar-refractivity contribution in [1.29, 1.82) is 5.26 Å². The summed E-state index contributed by atoms with van der Waals surface area (Å²) in [4.78, 5) is 2.00. The maximum atomic E-state index is 9.43. The van der Waals surface area contributed by atoms with Gasteiger partial charge in [0.05, 0.1) is 5.69 Å². The summed E-state index contributed by atoms with van der Waals surface area (Å²) >= 11 is 0. The molecule has 1 N–H and O–H groups in total. The molecule has 0 aromatic carbocycles. The van der Waals surface area contributed by atoms with E-state index in [1.165, 1.54) is 0 Å². The van der Waals surface area contributed by atoms with Crippen LogP contribution in [-0.2, 0) is 12.8 Å². The number of rotatable bonds is 7. The number of nitrogens with zero attached hydrogens (tertiary/aromatic N) is 4. The van der Waals surface area contributed by atoms with Crippen LogP contribution in [0.4, 0.5) is 5.82 Å². The van der Waals surface area contributed by atoms with Crippen LogP contribution >= 0.6 is 0 Å². The molecule has 0 saturated heterocycles. The van der Waals surface area contributed by atoms with Gasteiger partial charge in [0.15, 0.2) is 5.82 Å². The highest BCUT2D eigenvalue weighted by Crippen LogP contribution is 2.23. The highest BCUT2D eigenvalue weighted by atomic mass is 16.3. The number of nitriles is 1. The van der Waals surface area contributed by atoms with E-state index >= 15 is 0 Å². The van der Waals surface area contributed by atoms with Crippen LogP contribution in [0.3, 0.4) is 0 Å². The predicted octanol–water partition coefficient (Wildman–Crippen LogP) is 1.68. The Kier molecular flexibility index (Phi) is 6.23. The first-order valence-electron chi connectivity index (χ1n) is 6.87. The van der Waals surface area contributed by atoms with Gasteiger partial charge < -0.3 is 10.0 Å². The molecule has 0 aliphatic heterocycles. The minimum absolute atomic E-state index is 0.138. The van der Waals surface area contributed by atoms with Crippen LogP contribution in [-0.4, -0.2) is 35.0 Å². The molecule has 0 saturated carbocycles. The van der Waals surface area contributed by atoms with E-state index in [4.69, 9.17) is 5.11 Å². The monoisotopic (exact) mass is 262 g/mol. The Labute approximate surface area is 114 Å². The Hall–Kier alpha value is -1.67. The molecule has 1 rings (SSSR count). The molecule has 1 aromatic rings. The highest BCUT2D eigenvalue weighted by Gasteiger charge is 2.18. The lowest BCUT2D eigenvalue weighted by atomic mass is 10.0. The second-order valence-corrected chi connectivity index (χ2v) is 4.30. The van der Waals surface area contributed by atoms with Gasteiger partial charge in [-0.15, -0.1) is 5.10 Å². The Balaban J connectivity index is 3.23. The van der Waals surface area contributed by atoms with Crippen molar-refractivity contribution in [3.8, 4) is 6.07 Å². The summed E-state index contributed by atoms with van der Waals surface area (Å²) < 4.78 is 0. The third kappa shape index (κ3) is 3.42. The van der Waals surface area contributed by atoms with Gasteiger partial charge in [-0.05, 0) is 31.7 Å². The average Bonchev–Trinajstić information content (AvgIpc) is 2.46. The topological polar surface area (TPSA) is 73.0 Å². The molecular formula is C14H22N4O. The van der Waals surface area contributed by atoms with Crippen LogP contribution in [0.2, 0.25) is 0 Å². The van der Waals surface area contributed by atoms with Crippen molar-refractivity contribution >= 4 is 5.82 Å². The van der Waals surface area contributed by atoms with Crippen LogP contribution in [0.25, 0.3) is 0 Å². The quantitative estimate of drug-likeness (QED) is 0.809. The van der Waals surface area contributed by atoms with Gasteiger partial charge in [0, 0.05) is 19.7 Å². The summed E-state index contributed by atoms with van der Waals surface area (Å²) in [6, 6.07) is 2.27. The molecule has 5 nitrogen and oxygen atoms in total. The van der Waals surface area contributed by atoms with Crippen LogP contribution in [0.15, 0.2) is 0 Å². The number of hydrogen-bond donors (Lipinski definition) is 1. The molecule has 0 aliphatic carbocycles. The summed E-state index contributed by atoms with van der Waals surface area (Å²) in [6.07, 6.45) is 2.23. The number of anilines is 1. The molecule has 0 aliphatic rings. The molecule has 104 valence electrons. The summed E-state index contributed by atoms with van der Waals surface area (Å²) in [7, 11) is 0. The van der Waals surface area contributed by atoms with Gasteiger partial charge >= 0.3 is 0 Å². The van der Waals surface area contributed by atoms with E-state index in [1.807, 2.05) is 25.7 Å². The van der Waals surface area contributed by atoms with E-state index in [0.29, 0.717) is 24.3 Å². The fourth-order valence-corrected chi connectivity index (χ4v) is 2.18. The zero-order chi connectivity index (χ0) is 14.3. The van der Waals surface area contributed by atoms with Gasteiger partial charge in [-0.3, -0.25) is 0 Å². The molecule has 0 radical (unpaired) electrons. The lowest BCUT2D eigenvalue weighted by Crippen LogP contribution is -2.27. The minimum atomic E-state index is 0.138. The fourth-order valence-electron chi connectivity index (χ4n) is 2.18. The standard InChI is InChI=1S/C14H22N4O/c1-4-11-12(10-15)14(17-16-13(11)5-2)18(6-3)8-7-9-19/h19H,4-9H2,1-3H3. The summed E-state index contributed by atoms with van der Waals surface area (Å²) in [5.41, 5.74) is 2.53. The first kappa shape index (κ1) is 15.4. The number of aliphatic hydroxyl groups excluding tert-OH is 1. The molecule has 1 aromatic heterocycles. The van der Waals surface area contributed by atoms with E-state index in [-0.39, 0.29) is 6.61 Å². The molecular weight excluding hydrogens is 240 g/mol. The molecule has 19 heavy (non-hydrogen) atoms. The third-order valence-corrected chi connectivity index (χ3v) is 3.21. The summed E-state index contributed by atoms with van der Waals surface area (Å²) in [6.45, 7) is 7.64. The first-order chi connectivity index (χ1) is 9.23. The Bertz CT molecular complexity index is 453. The zero-order valence-electron chi connectivity index (χ0n) is 12.0. The maximum Gasteiger partial charge on any atom is 0.169 e. The number of aromatic nitrogens is 2. The van der Waals surface area contributed by atoms with Crippen LogP contribution in [0.5, 0.6) is 0 Å². The van der Waals surface area contributed by atoms with Crippen molar-refractivity contribution < 1.29 is 5.11 Å². The summed E-state index contributed by atoms with van der Waals surface area (Å²) in [5, 5.41) is 26.8. The molecule has 0 atom stereocenters. The van der Waals surface area contributed by atoms with Crippen molar-refractivity contribution in [3.63, 3.8) is 0 Å². The highest BCUT2D eigenvalue weighted by molar-refractivity contribution is 5.58. The van der Waals surface area contributed by atoms with Gasteiger partial charge in [-0.2, -0.15) is 10.4 Å². The van der Waals surface area contributed by atoms with E-state index in [9.17, 15) is 5.26 Å². The first-order valence-corrected chi connectivity index (χ1v) is 6.87. The summed E-state index contributed by atoms with van der Waals surface area (Å²) in [5.74, 6) is 0.646. The van der Waals surface area contributed by atoms with E-state index < -0.39 is 0 Å². The van der Waals surface area contributed by atoms with Gasteiger partial charge in [0.1, 0.15) is 11.6 Å². The van der Waals surface area contributed by atoms with E-state index in [1.54, 1.807) is 0 Å². The smallest absolute Gasteiger partial charge is 0.169 e. The lowest BCUT2D eigenvalue weighted by molar-refractivity contribution is 0.289. The van der Waals surface area contributed by atoms with Gasteiger partial charge in [-0.25, -0.2) is 0 Å². The molecule has 1 heterocycles. The average molecular weight is 262 g/mol. The SMILES string of the molecule is CCc1nnc(N(CC)CCCO)c(C#N)c1CC. The van der Waals surface area contributed by atoms with Gasteiger partial charge in [0.25, 0.3) is 0 Å². The lowest BCUT2D eigenvalue weighted by Gasteiger charge is -2.23. The number of aryl methyl sites for hydroxylation is 1. The number of aliphatic hydroxyl groups is 1. The molecule has 5 heteroatoms. The fraction of sp³-hybridized carbons (Fsp3) is 0.643. The predicted molar refractivity (Wildman–Crippen MR) is 75.1 cm³/mol. The molecule has 0 unspecified atom stereocenters.